The van der Waals surface area contributed by atoms with Crippen molar-refractivity contribution in [3.05, 3.63) is 59.8 Å². The van der Waals surface area contributed by atoms with Crippen LogP contribution in [0.1, 0.15) is 11.3 Å². The van der Waals surface area contributed by atoms with E-state index in [-0.39, 0.29) is 23.7 Å². The smallest absolute Gasteiger partial charge is 0.387 e. The lowest BCUT2D eigenvalue weighted by atomic mass is 10.1. The Morgan fingerprint density at radius 3 is 2.60 bits per heavy atom. The largest absolute Gasteiger partial charge is 0.489 e. The molecule has 0 amide bonds. The van der Waals surface area contributed by atoms with Crippen LogP contribution in [0, 0.1) is 11.3 Å². The Morgan fingerprint density at radius 1 is 1.12 bits per heavy atom. The second-order valence-corrected chi connectivity index (χ2v) is 4.99. The van der Waals surface area contributed by atoms with Crippen LogP contribution in [0.25, 0.3) is 11.3 Å². The summed E-state index contributed by atoms with van der Waals surface area (Å²) >= 11 is 0. The monoisotopic (exact) mass is 342 g/mol. The topological polar surface area (TPSA) is 83.8 Å². The number of H-pyrrole nitrogens is 1. The average Bonchev–Trinajstić information content (AvgIpc) is 3.09. The zero-order valence-corrected chi connectivity index (χ0v) is 12.8. The Morgan fingerprint density at radius 2 is 1.88 bits per heavy atom. The van der Waals surface area contributed by atoms with E-state index >= 15 is 0 Å². The molecule has 0 bridgehead atoms. The fourth-order valence-electron chi connectivity index (χ4n) is 2.21. The Hall–Kier alpha value is -3.47. The number of aromatic amines is 1. The summed E-state index contributed by atoms with van der Waals surface area (Å²) in [6.07, 6.45) is 0. The summed E-state index contributed by atoms with van der Waals surface area (Å²) in [5.74, 6) is 0.214. The first-order valence-electron chi connectivity index (χ1n) is 7.24. The lowest BCUT2D eigenvalue weighted by molar-refractivity contribution is -0.0499. The molecule has 3 aromatic rings. The molecule has 2 aromatic carbocycles. The Bertz CT molecular complexity index is 891. The number of hydrogen-bond donors (Lipinski definition) is 1. The number of rotatable bonds is 6. The third-order valence-corrected chi connectivity index (χ3v) is 3.29. The second kappa shape index (κ2) is 7.40. The molecule has 0 atom stereocenters. The van der Waals surface area contributed by atoms with Crippen molar-refractivity contribution in [3.63, 3.8) is 0 Å². The van der Waals surface area contributed by atoms with Crippen LogP contribution < -0.4 is 9.47 Å². The number of nitrogens with one attached hydrogen (secondary N) is 1. The fraction of sp³-hybridized carbons (Fsp3) is 0.118. The predicted octanol–water partition coefficient (Wildman–Crippen LogP) is 3.52. The molecule has 1 heterocycles. The summed E-state index contributed by atoms with van der Waals surface area (Å²) in [5, 5.41) is 18.9. The first kappa shape index (κ1) is 16.4. The van der Waals surface area contributed by atoms with Crippen LogP contribution in [-0.4, -0.2) is 22.0 Å². The highest BCUT2D eigenvalue weighted by Gasteiger charge is 2.14. The highest BCUT2D eigenvalue weighted by Crippen LogP contribution is 2.31. The van der Waals surface area contributed by atoms with Crippen LogP contribution in [0.2, 0.25) is 0 Å². The van der Waals surface area contributed by atoms with Gasteiger partial charge in [0.15, 0.2) is 5.69 Å². The van der Waals surface area contributed by atoms with Crippen LogP contribution >= 0.6 is 0 Å². The number of hydrogen-bond acceptors (Lipinski definition) is 5. The van der Waals surface area contributed by atoms with E-state index < -0.39 is 6.61 Å². The van der Waals surface area contributed by atoms with Crippen LogP contribution in [0.4, 0.5) is 8.78 Å². The molecule has 25 heavy (non-hydrogen) atoms. The molecule has 0 radical (unpaired) electrons. The van der Waals surface area contributed by atoms with Gasteiger partial charge in [0, 0.05) is 11.6 Å². The van der Waals surface area contributed by atoms with E-state index in [9.17, 15) is 8.78 Å². The van der Waals surface area contributed by atoms with Gasteiger partial charge in [0.25, 0.3) is 0 Å². The Balaban J connectivity index is 1.91. The standard InChI is InChI=1S/C17H12F2N4O2/c18-17(19)25-14-7-12(16-15(9-20)21-23-22-16)6-13(8-14)24-10-11-4-2-1-3-5-11/h1-8,17H,10H2,(H,21,22,23). The van der Waals surface area contributed by atoms with E-state index in [2.05, 4.69) is 20.1 Å². The molecule has 0 aliphatic rings. The molecule has 0 spiro atoms. The van der Waals surface area contributed by atoms with E-state index in [1.54, 1.807) is 6.07 Å². The molecule has 0 saturated heterocycles. The first-order chi connectivity index (χ1) is 12.2. The molecule has 6 nitrogen and oxygen atoms in total. The summed E-state index contributed by atoms with van der Waals surface area (Å²) in [6, 6.07) is 15.6. The first-order valence-corrected chi connectivity index (χ1v) is 7.24. The van der Waals surface area contributed by atoms with Crippen LogP contribution in [0.15, 0.2) is 48.5 Å². The van der Waals surface area contributed by atoms with Gasteiger partial charge >= 0.3 is 6.61 Å². The Labute approximate surface area is 141 Å². The maximum Gasteiger partial charge on any atom is 0.387 e. The molecule has 126 valence electrons. The minimum absolute atomic E-state index is 0.0950. The van der Waals surface area contributed by atoms with E-state index in [1.165, 1.54) is 12.1 Å². The van der Waals surface area contributed by atoms with E-state index in [0.717, 1.165) is 5.56 Å². The molecule has 3 rings (SSSR count). The predicted molar refractivity (Wildman–Crippen MR) is 83.9 cm³/mol. The van der Waals surface area contributed by atoms with Crippen molar-refractivity contribution in [2.45, 2.75) is 13.2 Å². The molecule has 0 fully saturated rings. The van der Waals surface area contributed by atoms with Crippen LogP contribution in [0.5, 0.6) is 11.5 Å². The van der Waals surface area contributed by atoms with Gasteiger partial charge in [-0.05, 0) is 17.7 Å². The van der Waals surface area contributed by atoms with Crippen molar-refractivity contribution in [1.29, 1.82) is 5.26 Å². The summed E-state index contributed by atoms with van der Waals surface area (Å²) in [7, 11) is 0. The minimum Gasteiger partial charge on any atom is -0.489 e. The number of alkyl halides is 2. The molecule has 0 saturated carbocycles. The summed E-state index contributed by atoms with van der Waals surface area (Å²) in [5.41, 5.74) is 1.64. The number of nitrogens with zero attached hydrogens (tertiary/aromatic N) is 3. The van der Waals surface area contributed by atoms with E-state index in [0.29, 0.717) is 11.3 Å². The van der Waals surface area contributed by atoms with Gasteiger partial charge in [-0.1, -0.05) is 35.5 Å². The second-order valence-electron chi connectivity index (χ2n) is 4.99. The molecule has 8 heteroatoms. The maximum absolute atomic E-state index is 12.6. The highest BCUT2D eigenvalue weighted by molar-refractivity contribution is 5.67. The van der Waals surface area contributed by atoms with Gasteiger partial charge in [0.05, 0.1) is 0 Å². The van der Waals surface area contributed by atoms with Crippen molar-refractivity contribution >= 4 is 0 Å². The quantitative estimate of drug-likeness (QED) is 0.741. The zero-order chi connectivity index (χ0) is 17.6. The van der Waals surface area contributed by atoms with Crippen molar-refractivity contribution in [3.8, 4) is 28.8 Å². The van der Waals surface area contributed by atoms with Gasteiger partial charge < -0.3 is 9.47 Å². The SMILES string of the molecule is N#Cc1[nH]nnc1-c1cc(OCc2ccccc2)cc(OC(F)F)c1. The Kier molecular flexibility index (Phi) is 4.85. The molecule has 1 aromatic heterocycles. The number of aromatic nitrogens is 3. The molecule has 0 aliphatic heterocycles. The van der Waals surface area contributed by atoms with Crippen molar-refractivity contribution in [2.75, 3.05) is 0 Å². The lowest BCUT2D eigenvalue weighted by Gasteiger charge is -2.11. The maximum atomic E-state index is 12.6. The number of ether oxygens (including phenoxy) is 2. The zero-order valence-electron chi connectivity index (χ0n) is 12.8. The lowest BCUT2D eigenvalue weighted by Crippen LogP contribution is -2.03. The molecular formula is C17H12F2N4O2. The average molecular weight is 342 g/mol. The highest BCUT2D eigenvalue weighted by atomic mass is 19.3. The van der Waals surface area contributed by atoms with Gasteiger partial charge in [-0.3, -0.25) is 0 Å². The summed E-state index contributed by atoms with van der Waals surface area (Å²) in [4.78, 5) is 0. The van der Waals surface area contributed by atoms with Crippen molar-refractivity contribution < 1.29 is 18.3 Å². The van der Waals surface area contributed by atoms with Gasteiger partial charge in [-0.25, -0.2) is 5.10 Å². The number of halogens is 2. The van der Waals surface area contributed by atoms with Gasteiger partial charge in [-0.2, -0.15) is 14.0 Å². The molecule has 0 aliphatic carbocycles. The van der Waals surface area contributed by atoms with Crippen LogP contribution in [0.3, 0.4) is 0 Å². The minimum atomic E-state index is -2.98. The van der Waals surface area contributed by atoms with Crippen molar-refractivity contribution in [1.82, 2.24) is 15.4 Å². The number of benzene rings is 2. The van der Waals surface area contributed by atoms with Gasteiger partial charge in [0.1, 0.15) is 29.9 Å². The fourth-order valence-corrected chi connectivity index (χ4v) is 2.21. The molecule has 0 unspecified atom stereocenters. The van der Waals surface area contributed by atoms with Crippen molar-refractivity contribution in [2.24, 2.45) is 0 Å². The molecule has 1 N–H and O–H groups in total. The summed E-state index contributed by atoms with van der Waals surface area (Å²) in [6.45, 7) is -2.73. The summed E-state index contributed by atoms with van der Waals surface area (Å²) < 4.78 is 35.3. The third-order valence-electron chi connectivity index (χ3n) is 3.29. The third kappa shape index (κ3) is 4.09. The van der Waals surface area contributed by atoms with Gasteiger partial charge in [-0.15, -0.1) is 5.10 Å². The normalized spacial score (nSPS) is 10.5. The molecular weight excluding hydrogens is 330 g/mol. The van der Waals surface area contributed by atoms with Crippen LogP contribution in [-0.2, 0) is 6.61 Å². The number of nitriles is 1. The van der Waals surface area contributed by atoms with Gasteiger partial charge in [0.2, 0.25) is 0 Å². The van der Waals surface area contributed by atoms with E-state index in [4.69, 9.17) is 10.00 Å². The van der Waals surface area contributed by atoms with E-state index in [1.807, 2.05) is 36.4 Å².